The molecule has 0 spiro atoms. The lowest BCUT2D eigenvalue weighted by molar-refractivity contribution is 0.0989. The van der Waals surface area contributed by atoms with Crippen molar-refractivity contribution in [3.8, 4) is 11.3 Å². The number of anilines is 2. The number of aliphatic hydroxyl groups excluding tert-OH is 1. The van der Waals surface area contributed by atoms with E-state index in [1.54, 1.807) is 18.6 Å². The quantitative estimate of drug-likeness (QED) is 0.424. The van der Waals surface area contributed by atoms with E-state index in [0.717, 1.165) is 28.8 Å². The molecule has 0 fully saturated rings. The summed E-state index contributed by atoms with van der Waals surface area (Å²) < 4.78 is 0. The number of carbonyl (C=O) groups excluding carboxylic acids is 1. The van der Waals surface area contributed by atoms with Crippen LogP contribution >= 0.6 is 0 Å². The average Bonchev–Trinajstić information content (AvgIpc) is 2.79. The highest BCUT2D eigenvalue weighted by molar-refractivity contribution is 6.00. The molecule has 0 saturated carbocycles. The van der Waals surface area contributed by atoms with Gasteiger partial charge in [-0.15, -0.1) is 0 Å². The number of carbonyl (C=O) groups is 1. The van der Waals surface area contributed by atoms with Crippen molar-refractivity contribution >= 4 is 17.3 Å². The fourth-order valence-electron chi connectivity index (χ4n) is 3.36. The maximum absolute atomic E-state index is 13.1. The van der Waals surface area contributed by atoms with Gasteiger partial charge < -0.3 is 21.5 Å². The second-order valence-corrected chi connectivity index (χ2v) is 7.33. The van der Waals surface area contributed by atoms with E-state index < -0.39 is 0 Å². The van der Waals surface area contributed by atoms with Gasteiger partial charge in [0.25, 0.3) is 0 Å². The molecular formula is C23H28N6O2. The number of benzene rings is 1. The molecule has 31 heavy (non-hydrogen) atoms. The molecule has 3 aromatic rings. The molecule has 0 atom stereocenters. The molecule has 0 radical (unpaired) electrons. The van der Waals surface area contributed by atoms with Crippen molar-refractivity contribution in [1.29, 1.82) is 0 Å². The lowest BCUT2D eigenvalue weighted by Crippen LogP contribution is -2.22. The summed E-state index contributed by atoms with van der Waals surface area (Å²) in [5, 5.41) is 9.09. The highest BCUT2D eigenvalue weighted by Crippen LogP contribution is 2.23. The van der Waals surface area contributed by atoms with E-state index >= 15 is 0 Å². The minimum atomic E-state index is -0.226. The molecule has 8 heteroatoms. The predicted octanol–water partition coefficient (Wildman–Crippen LogP) is 1.87. The molecule has 0 aliphatic carbocycles. The molecule has 0 aliphatic rings. The Balaban J connectivity index is 1.84. The molecule has 2 aromatic heterocycles. The topological polar surface area (TPSA) is 131 Å². The summed E-state index contributed by atoms with van der Waals surface area (Å²) in [6.07, 6.45) is 6.47. The van der Waals surface area contributed by atoms with Gasteiger partial charge in [-0.3, -0.25) is 9.78 Å². The fraction of sp³-hybridized carbons (Fsp3) is 0.304. The Morgan fingerprint density at radius 2 is 1.94 bits per heavy atom. The van der Waals surface area contributed by atoms with Gasteiger partial charge in [0, 0.05) is 55.8 Å². The maximum atomic E-state index is 13.1. The highest BCUT2D eigenvalue weighted by atomic mass is 16.3. The SMILES string of the molecule is CN(CCCO)c1ccncc1CC(=O)c1nc(-c2ccc(CCN)cc2)cnc1N. The van der Waals surface area contributed by atoms with Gasteiger partial charge in [0.1, 0.15) is 5.69 Å². The third-order valence-electron chi connectivity index (χ3n) is 5.04. The summed E-state index contributed by atoms with van der Waals surface area (Å²) in [4.78, 5) is 27.9. The molecule has 2 heterocycles. The first-order valence-corrected chi connectivity index (χ1v) is 10.2. The molecule has 162 valence electrons. The van der Waals surface area contributed by atoms with E-state index in [-0.39, 0.29) is 30.3 Å². The molecule has 8 nitrogen and oxygen atoms in total. The molecule has 3 rings (SSSR count). The van der Waals surface area contributed by atoms with Gasteiger partial charge in [-0.2, -0.15) is 0 Å². The Kier molecular flexibility index (Phi) is 7.64. The molecule has 0 amide bonds. The van der Waals surface area contributed by atoms with Crippen LogP contribution in [0.25, 0.3) is 11.3 Å². The highest BCUT2D eigenvalue weighted by Gasteiger charge is 2.18. The summed E-state index contributed by atoms with van der Waals surface area (Å²) in [6.45, 7) is 1.36. The minimum absolute atomic E-state index is 0.102. The van der Waals surface area contributed by atoms with E-state index in [9.17, 15) is 4.79 Å². The van der Waals surface area contributed by atoms with Crippen molar-refractivity contribution < 1.29 is 9.90 Å². The number of Topliss-reactive ketones (excluding diaryl/α,β-unsaturated/α-hetero) is 1. The number of aliphatic hydroxyl groups is 1. The number of ketones is 1. The van der Waals surface area contributed by atoms with Crippen molar-refractivity contribution in [2.45, 2.75) is 19.3 Å². The van der Waals surface area contributed by atoms with Crippen molar-refractivity contribution in [2.75, 3.05) is 37.4 Å². The Morgan fingerprint density at radius 3 is 2.65 bits per heavy atom. The summed E-state index contributed by atoms with van der Waals surface area (Å²) in [6, 6.07) is 9.72. The van der Waals surface area contributed by atoms with Gasteiger partial charge in [-0.1, -0.05) is 24.3 Å². The van der Waals surface area contributed by atoms with Crippen LogP contribution in [0.3, 0.4) is 0 Å². The van der Waals surface area contributed by atoms with Crippen LogP contribution in [-0.2, 0) is 12.8 Å². The van der Waals surface area contributed by atoms with E-state index in [2.05, 4.69) is 15.0 Å². The molecule has 0 unspecified atom stereocenters. The van der Waals surface area contributed by atoms with Gasteiger partial charge in [0.15, 0.2) is 11.6 Å². The monoisotopic (exact) mass is 420 g/mol. The van der Waals surface area contributed by atoms with Crippen molar-refractivity contribution in [1.82, 2.24) is 15.0 Å². The Labute approximate surface area is 182 Å². The molecule has 5 N–H and O–H groups in total. The van der Waals surface area contributed by atoms with Gasteiger partial charge in [0.05, 0.1) is 11.9 Å². The first-order valence-electron chi connectivity index (χ1n) is 10.2. The third kappa shape index (κ3) is 5.62. The van der Waals surface area contributed by atoms with Crippen LogP contribution in [0.1, 0.15) is 28.0 Å². The number of pyridine rings is 1. The Hall–Kier alpha value is -3.36. The second kappa shape index (κ2) is 10.6. The summed E-state index contributed by atoms with van der Waals surface area (Å²) in [5.74, 6) is -0.121. The molecule has 0 aliphatic heterocycles. The van der Waals surface area contributed by atoms with Gasteiger partial charge >= 0.3 is 0 Å². The van der Waals surface area contributed by atoms with Crippen LogP contribution in [0.15, 0.2) is 48.9 Å². The zero-order valence-corrected chi connectivity index (χ0v) is 17.7. The third-order valence-corrected chi connectivity index (χ3v) is 5.04. The maximum Gasteiger partial charge on any atom is 0.189 e. The summed E-state index contributed by atoms with van der Waals surface area (Å²) in [5.41, 5.74) is 16.0. The molecule has 0 bridgehead atoms. The minimum Gasteiger partial charge on any atom is -0.396 e. The van der Waals surface area contributed by atoms with Gasteiger partial charge in [-0.05, 0) is 31.0 Å². The van der Waals surface area contributed by atoms with E-state index in [4.69, 9.17) is 16.6 Å². The summed E-state index contributed by atoms with van der Waals surface area (Å²) >= 11 is 0. The van der Waals surface area contributed by atoms with Crippen molar-refractivity contribution in [3.63, 3.8) is 0 Å². The fourth-order valence-corrected chi connectivity index (χ4v) is 3.36. The van der Waals surface area contributed by atoms with Crippen LogP contribution in [0.5, 0.6) is 0 Å². The number of nitrogen functional groups attached to an aromatic ring is 1. The molecule has 1 aromatic carbocycles. The van der Waals surface area contributed by atoms with Crippen LogP contribution in [-0.4, -0.2) is 52.6 Å². The average molecular weight is 421 g/mol. The lowest BCUT2D eigenvalue weighted by atomic mass is 10.0. The van der Waals surface area contributed by atoms with Crippen LogP contribution in [0.4, 0.5) is 11.5 Å². The zero-order valence-electron chi connectivity index (χ0n) is 17.7. The number of nitrogens with zero attached hydrogens (tertiary/aromatic N) is 4. The van der Waals surface area contributed by atoms with Gasteiger partial charge in [-0.25, -0.2) is 9.97 Å². The number of hydrogen-bond acceptors (Lipinski definition) is 8. The van der Waals surface area contributed by atoms with Crippen LogP contribution in [0, 0.1) is 0 Å². The largest absolute Gasteiger partial charge is 0.396 e. The van der Waals surface area contributed by atoms with Gasteiger partial charge in [0.2, 0.25) is 0 Å². The molecule has 0 saturated heterocycles. The van der Waals surface area contributed by atoms with E-state index in [1.165, 1.54) is 0 Å². The van der Waals surface area contributed by atoms with Crippen molar-refractivity contribution in [2.24, 2.45) is 5.73 Å². The van der Waals surface area contributed by atoms with Crippen LogP contribution in [0.2, 0.25) is 0 Å². The number of rotatable bonds is 10. The second-order valence-electron chi connectivity index (χ2n) is 7.33. The smallest absolute Gasteiger partial charge is 0.189 e. The standard InChI is InChI=1S/C23H28N6O2/c1-29(11-2-12-30)20-8-10-26-14-18(20)13-21(31)22-23(25)27-15-19(28-22)17-5-3-16(4-6-17)7-9-24/h3-6,8,10,14-15,30H,2,7,9,11-13,24H2,1H3,(H2,25,27). The van der Waals surface area contributed by atoms with E-state index in [1.807, 2.05) is 42.3 Å². The summed E-state index contributed by atoms with van der Waals surface area (Å²) in [7, 11) is 1.92. The Morgan fingerprint density at radius 1 is 1.16 bits per heavy atom. The number of hydrogen-bond donors (Lipinski definition) is 3. The van der Waals surface area contributed by atoms with Crippen LogP contribution < -0.4 is 16.4 Å². The first-order chi connectivity index (χ1) is 15.0. The normalized spacial score (nSPS) is 10.8. The zero-order chi connectivity index (χ0) is 22.2. The number of nitrogens with two attached hydrogens (primary N) is 2. The number of aromatic nitrogens is 3. The predicted molar refractivity (Wildman–Crippen MR) is 122 cm³/mol. The Bertz CT molecular complexity index is 1020. The van der Waals surface area contributed by atoms with Crippen molar-refractivity contribution in [3.05, 3.63) is 65.7 Å². The lowest BCUT2D eigenvalue weighted by Gasteiger charge is -2.21. The molecular weight excluding hydrogens is 392 g/mol. The van der Waals surface area contributed by atoms with E-state index in [0.29, 0.717) is 25.2 Å². The first kappa shape index (κ1) is 22.3.